The molecule has 0 bridgehead atoms. The van der Waals surface area contributed by atoms with Crippen LogP contribution in [0, 0.1) is 0 Å². The van der Waals surface area contributed by atoms with E-state index in [-0.39, 0.29) is 16.8 Å². The van der Waals surface area contributed by atoms with E-state index in [1.54, 1.807) is 43.6 Å². The summed E-state index contributed by atoms with van der Waals surface area (Å²) in [5.41, 5.74) is 1.49. The molecule has 156 valence electrons. The summed E-state index contributed by atoms with van der Waals surface area (Å²) in [4.78, 5) is 17.4. The SMILES string of the molecule is CN(C1CCCCC1)S(=O)(=O)c1cccc(NC(=O)c2cccc3cccnc23)c1. The number of nitrogens with one attached hydrogen (secondary N) is 1. The summed E-state index contributed by atoms with van der Waals surface area (Å²) in [5, 5.41) is 3.69. The Hall–Kier alpha value is -2.77. The van der Waals surface area contributed by atoms with Gasteiger partial charge in [-0.1, -0.05) is 43.5 Å². The molecule has 1 heterocycles. The summed E-state index contributed by atoms with van der Waals surface area (Å²) < 4.78 is 27.7. The van der Waals surface area contributed by atoms with Crippen molar-refractivity contribution in [1.29, 1.82) is 0 Å². The molecule has 1 fully saturated rings. The number of sulfonamides is 1. The number of fused-ring (bicyclic) bond motifs is 1. The molecule has 2 aromatic carbocycles. The van der Waals surface area contributed by atoms with Gasteiger partial charge in [0.05, 0.1) is 16.0 Å². The zero-order valence-corrected chi connectivity index (χ0v) is 17.7. The van der Waals surface area contributed by atoms with Crippen LogP contribution in [0.4, 0.5) is 5.69 Å². The molecule has 1 aromatic heterocycles. The third kappa shape index (κ3) is 4.08. The fraction of sp³-hybridized carbons (Fsp3) is 0.304. The second-order valence-electron chi connectivity index (χ2n) is 7.68. The van der Waals surface area contributed by atoms with Gasteiger partial charge in [-0.05, 0) is 43.2 Å². The summed E-state index contributed by atoms with van der Waals surface area (Å²) in [5.74, 6) is -0.325. The molecule has 0 radical (unpaired) electrons. The molecule has 30 heavy (non-hydrogen) atoms. The second-order valence-corrected chi connectivity index (χ2v) is 9.67. The number of carbonyl (C=O) groups excluding carboxylic acids is 1. The lowest BCUT2D eigenvalue weighted by Crippen LogP contribution is -2.38. The molecule has 1 amide bonds. The number of aromatic nitrogens is 1. The van der Waals surface area contributed by atoms with E-state index in [0.29, 0.717) is 16.8 Å². The summed E-state index contributed by atoms with van der Waals surface area (Å²) in [7, 11) is -1.98. The first-order chi connectivity index (χ1) is 14.5. The number of anilines is 1. The van der Waals surface area contributed by atoms with Gasteiger partial charge in [-0.3, -0.25) is 9.78 Å². The van der Waals surface area contributed by atoms with Gasteiger partial charge < -0.3 is 5.32 Å². The van der Waals surface area contributed by atoms with Gasteiger partial charge in [0.2, 0.25) is 10.0 Å². The number of amides is 1. The van der Waals surface area contributed by atoms with Crippen molar-refractivity contribution in [3.63, 3.8) is 0 Å². The Morgan fingerprint density at radius 1 is 1.03 bits per heavy atom. The van der Waals surface area contributed by atoms with E-state index in [9.17, 15) is 13.2 Å². The third-order valence-corrected chi connectivity index (χ3v) is 7.64. The first-order valence-electron chi connectivity index (χ1n) is 10.2. The van der Waals surface area contributed by atoms with Gasteiger partial charge >= 0.3 is 0 Å². The number of carbonyl (C=O) groups is 1. The summed E-state index contributed by atoms with van der Waals surface area (Å²) in [6.07, 6.45) is 6.70. The number of pyridine rings is 1. The molecule has 3 aromatic rings. The average molecular weight is 424 g/mol. The van der Waals surface area contributed by atoms with Crippen molar-refractivity contribution in [2.45, 2.75) is 43.0 Å². The Balaban J connectivity index is 1.58. The van der Waals surface area contributed by atoms with Crippen LogP contribution in [0.5, 0.6) is 0 Å². The molecular formula is C23H25N3O3S. The highest BCUT2D eigenvalue weighted by Gasteiger charge is 2.29. The summed E-state index contributed by atoms with van der Waals surface area (Å²) in [6, 6.07) is 15.6. The molecular weight excluding hydrogens is 398 g/mol. The van der Waals surface area contributed by atoms with Crippen LogP contribution < -0.4 is 5.32 Å². The van der Waals surface area contributed by atoms with E-state index in [1.165, 1.54) is 10.4 Å². The van der Waals surface area contributed by atoms with Crippen LogP contribution in [0.1, 0.15) is 42.5 Å². The number of benzene rings is 2. The molecule has 7 heteroatoms. The molecule has 0 unspecified atom stereocenters. The lowest BCUT2D eigenvalue weighted by atomic mass is 9.96. The van der Waals surface area contributed by atoms with Crippen molar-refractivity contribution in [2.75, 3.05) is 12.4 Å². The summed E-state index contributed by atoms with van der Waals surface area (Å²) in [6.45, 7) is 0. The highest BCUT2D eigenvalue weighted by Crippen LogP contribution is 2.27. The Kier molecular flexibility index (Phi) is 5.83. The highest BCUT2D eigenvalue weighted by atomic mass is 32.2. The minimum absolute atomic E-state index is 0.0313. The lowest BCUT2D eigenvalue weighted by molar-refractivity contribution is 0.102. The first-order valence-corrected chi connectivity index (χ1v) is 11.6. The minimum Gasteiger partial charge on any atom is -0.322 e. The number of rotatable bonds is 5. The predicted octanol–water partition coefficient (Wildman–Crippen LogP) is 4.44. The van der Waals surface area contributed by atoms with Crippen LogP contribution in [-0.4, -0.2) is 36.7 Å². The van der Waals surface area contributed by atoms with Crippen LogP contribution in [0.15, 0.2) is 65.7 Å². The number of nitrogens with zero attached hydrogens (tertiary/aromatic N) is 2. The van der Waals surface area contributed by atoms with Gasteiger partial charge in [0.25, 0.3) is 5.91 Å². The van der Waals surface area contributed by atoms with E-state index in [4.69, 9.17) is 0 Å². The second kappa shape index (κ2) is 8.53. The maximum absolute atomic E-state index is 13.1. The largest absolute Gasteiger partial charge is 0.322 e. The quantitative estimate of drug-likeness (QED) is 0.658. The van der Waals surface area contributed by atoms with Crippen molar-refractivity contribution >= 4 is 32.5 Å². The molecule has 1 aliphatic carbocycles. The van der Waals surface area contributed by atoms with Crippen LogP contribution >= 0.6 is 0 Å². The van der Waals surface area contributed by atoms with Crippen molar-refractivity contribution in [3.8, 4) is 0 Å². The predicted molar refractivity (Wildman–Crippen MR) is 118 cm³/mol. The Labute approximate surface area is 177 Å². The van der Waals surface area contributed by atoms with E-state index < -0.39 is 10.0 Å². The molecule has 1 N–H and O–H groups in total. The molecule has 0 saturated heterocycles. The van der Waals surface area contributed by atoms with Gasteiger partial charge in [0.1, 0.15) is 0 Å². The van der Waals surface area contributed by atoms with Crippen LogP contribution in [-0.2, 0) is 10.0 Å². The van der Waals surface area contributed by atoms with Gasteiger partial charge in [-0.15, -0.1) is 0 Å². The zero-order valence-electron chi connectivity index (χ0n) is 16.9. The molecule has 1 saturated carbocycles. The molecule has 0 aliphatic heterocycles. The number of hydrogen-bond donors (Lipinski definition) is 1. The summed E-state index contributed by atoms with van der Waals surface area (Å²) >= 11 is 0. The Morgan fingerprint density at radius 2 is 1.77 bits per heavy atom. The lowest BCUT2D eigenvalue weighted by Gasteiger charge is -2.30. The van der Waals surface area contributed by atoms with Gasteiger partial charge in [0.15, 0.2) is 0 Å². The molecule has 4 rings (SSSR count). The van der Waals surface area contributed by atoms with E-state index in [2.05, 4.69) is 10.3 Å². The minimum atomic E-state index is -3.63. The van der Waals surface area contributed by atoms with E-state index >= 15 is 0 Å². The molecule has 6 nitrogen and oxygen atoms in total. The molecule has 0 spiro atoms. The topological polar surface area (TPSA) is 79.4 Å². The van der Waals surface area contributed by atoms with Crippen LogP contribution in [0.3, 0.4) is 0 Å². The Morgan fingerprint density at radius 3 is 2.57 bits per heavy atom. The fourth-order valence-electron chi connectivity index (χ4n) is 4.03. The van der Waals surface area contributed by atoms with Crippen molar-refractivity contribution in [1.82, 2.24) is 9.29 Å². The maximum atomic E-state index is 13.1. The monoisotopic (exact) mass is 423 g/mol. The number of para-hydroxylation sites is 1. The number of hydrogen-bond acceptors (Lipinski definition) is 4. The van der Waals surface area contributed by atoms with Crippen molar-refractivity contribution in [2.24, 2.45) is 0 Å². The zero-order chi connectivity index (χ0) is 21.1. The Bertz CT molecular complexity index is 1170. The van der Waals surface area contributed by atoms with Gasteiger partial charge in [0, 0.05) is 30.4 Å². The highest BCUT2D eigenvalue weighted by molar-refractivity contribution is 7.89. The normalized spacial score (nSPS) is 15.4. The van der Waals surface area contributed by atoms with Crippen LogP contribution in [0.2, 0.25) is 0 Å². The third-order valence-electron chi connectivity index (χ3n) is 5.74. The average Bonchev–Trinajstić information content (AvgIpc) is 2.79. The van der Waals surface area contributed by atoms with Crippen molar-refractivity contribution in [3.05, 3.63) is 66.4 Å². The van der Waals surface area contributed by atoms with E-state index in [1.807, 2.05) is 18.2 Å². The van der Waals surface area contributed by atoms with E-state index in [0.717, 1.165) is 37.5 Å². The smallest absolute Gasteiger partial charge is 0.257 e. The fourth-order valence-corrected chi connectivity index (χ4v) is 5.49. The van der Waals surface area contributed by atoms with Crippen molar-refractivity contribution < 1.29 is 13.2 Å². The molecule has 1 aliphatic rings. The van der Waals surface area contributed by atoms with Gasteiger partial charge in [-0.2, -0.15) is 4.31 Å². The van der Waals surface area contributed by atoms with Crippen LogP contribution in [0.25, 0.3) is 10.9 Å². The standard InChI is InChI=1S/C23H25N3O3S/c1-26(19-11-3-2-4-12-19)30(28,29)20-13-6-10-18(16-20)25-23(27)21-14-5-8-17-9-7-15-24-22(17)21/h5-10,13-16,19H,2-4,11-12H2,1H3,(H,25,27). The van der Waals surface area contributed by atoms with Gasteiger partial charge in [-0.25, -0.2) is 8.42 Å². The first kappa shape index (κ1) is 20.5. The maximum Gasteiger partial charge on any atom is 0.257 e. The molecule has 0 atom stereocenters.